The van der Waals surface area contributed by atoms with Crippen molar-refractivity contribution in [3.8, 4) is 11.8 Å². The van der Waals surface area contributed by atoms with Crippen LogP contribution in [0.3, 0.4) is 0 Å². The number of hydrogen-bond acceptors (Lipinski definition) is 6. The van der Waals surface area contributed by atoms with E-state index in [0.29, 0.717) is 11.1 Å². The van der Waals surface area contributed by atoms with Crippen molar-refractivity contribution >= 4 is 33.6 Å². The first-order chi connectivity index (χ1) is 15.7. The predicted molar refractivity (Wildman–Crippen MR) is 119 cm³/mol. The fraction of sp³-hybridized carbons (Fsp3) is 0.261. The maximum absolute atomic E-state index is 14.7. The number of halogens is 4. The molecule has 0 saturated heterocycles. The molecular weight excluding hydrogens is 496 g/mol. The molecule has 180 valence electrons. The van der Waals surface area contributed by atoms with Gasteiger partial charge >= 0.3 is 21.6 Å². The van der Waals surface area contributed by atoms with E-state index < -0.39 is 37.9 Å². The number of carbonyl (C=O) groups excluding carboxylic acids is 1. The van der Waals surface area contributed by atoms with Gasteiger partial charge in [-0.15, -0.1) is 11.8 Å². The summed E-state index contributed by atoms with van der Waals surface area (Å²) in [6.07, 6.45) is 1.23. The van der Waals surface area contributed by atoms with Gasteiger partial charge in [0.15, 0.2) is 0 Å². The normalized spacial score (nSPS) is 14.9. The zero-order chi connectivity index (χ0) is 25.3. The lowest BCUT2D eigenvalue weighted by molar-refractivity contribution is -0.0509. The van der Waals surface area contributed by atoms with Gasteiger partial charge < -0.3 is 8.92 Å². The fourth-order valence-corrected chi connectivity index (χ4v) is 4.55. The highest BCUT2D eigenvalue weighted by Crippen LogP contribution is 2.46. The molecule has 11 heteroatoms. The summed E-state index contributed by atoms with van der Waals surface area (Å²) in [6.45, 7) is 5.14. The highest BCUT2D eigenvalue weighted by atomic mass is 32.2. The highest BCUT2D eigenvalue weighted by Gasteiger charge is 2.49. The molecule has 0 unspecified atom stereocenters. The highest BCUT2D eigenvalue weighted by molar-refractivity contribution is 8.01. The molecule has 0 atom stereocenters. The molecule has 1 heterocycles. The van der Waals surface area contributed by atoms with Crippen LogP contribution in [0.4, 0.5) is 17.6 Å². The Balaban J connectivity index is 1.98. The van der Waals surface area contributed by atoms with Crippen LogP contribution in [0.2, 0.25) is 0 Å². The van der Waals surface area contributed by atoms with Gasteiger partial charge in [0.2, 0.25) is 0 Å². The van der Waals surface area contributed by atoms with E-state index in [1.807, 2.05) is 0 Å². The Kier molecular flexibility index (Phi) is 7.05. The van der Waals surface area contributed by atoms with Crippen LogP contribution in [0.15, 0.2) is 47.4 Å². The Labute approximate surface area is 198 Å². The largest absolute Gasteiger partial charge is 0.534 e. The Bertz CT molecular complexity index is 1320. The van der Waals surface area contributed by atoms with Gasteiger partial charge in [-0.1, -0.05) is 11.8 Å². The molecule has 34 heavy (non-hydrogen) atoms. The van der Waals surface area contributed by atoms with Crippen LogP contribution >= 0.6 is 11.8 Å². The number of esters is 1. The molecule has 0 spiro atoms. The lowest BCUT2D eigenvalue weighted by atomic mass is 10.0. The number of fused-ring (bicyclic) bond motifs is 1. The molecule has 0 N–H and O–H groups in total. The molecule has 0 aliphatic carbocycles. The van der Waals surface area contributed by atoms with Crippen molar-refractivity contribution in [1.29, 1.82) is 0 Å². The molecule has 3 rings (SSSR count). The number of rotatable bonds is 4. The summed E-state index contributed by atoms with van der Waals surface area (Å²) in [6, 6.07) is 8.24. The van der Waals surface area contributed by atoms with E-state index in [2.05, 4.69) is 16.0 Å². The molecule has 0 aromatic heterocycles. The third-order valence-electron chi connectivity index (χ3n) is 4.41. The van der Waals surface area contributed by atoms with E-state index in [0.717, 1.165) is 23.9 Å². The van der Waals surface area contributed by atoms with Crippen LogP contribution in [0, 0.1) is 17.7 Å². The van der Waals surface area contributed by atoms with Gasteiger partial charge in [-0.25, -0.2) is 9.18 Å². The second-order valence-corrected chi connectivity index (χ2v) is 10.8. The molecule has 5 nitrogen and oxygen atoms in total. The third-order valence-corrected chi connectivity index (χ3v) is 6.57. The summed E-state index contributed by atoms with van der Waals surface area (Å²) < 4.78 is 84.9. The van der Waals surface area contributed by atoms with Gasteiger partial charge in [0.05, 0.1) is 17.7 Å². The van der Waals surface area contributed by atoms with E-state index in [1.165, 1.54) is 30.3 Å². The zero-order valence-electron chi connectivity index (χ0n) is 18.1. The Hall–Kier alpha value is -2.97. The van der Waals surface area contributed by atoms with Crippen LogP contribution in [-0.4, -0.2) is 31.2 Å². The summed E-state index contributed by atoms with van der Waals surface area (Å²) in [7, 11) is -5.93. The number of ether oxygens (including phenoxy) is 1. The van der Waals surface area contributed by atoms with Gasteiger partial charge in [0.25, 0.3) is 0 Å². The van der Waals surface area contributed by atoms with Crippen LogP contribution < -0.4 is 0 Å². The standard InChI is InChI=1S/C23H18F4O5S2/c1-4-31-21(28)15-8-5-14(6-9-15)7-10-16-11-17-19(32-34(29,30)23(25,26)27)13-22(2,3)33-20(17)12-18(16)24/h5-6,8-9,11-13H,4H2,1-3H3. The number of hydrogen-bond donors (Lipinski definition) is 0. The van der Waals surface area contributed by atoms with Crippen molar-refractivity contribution in [2.24, 2.45) is 0 Å². The molecule has 1 aliphatic heterocycles. The van der Waals surface area contributed by atoms with Crippen LogP contribution in [0.5, 0.6) is 0 Å². The monoisotopic (exact) mass is 514 g/mol. The van der Waals surface area contributed by atoms with Crippen molar-refractivity contribution in [2.75, 3.05) is 6.61 Å². The fourth-order valence-electron chi connectivity index (χ4n) is 2.91. The second-order valence-electron chi connectivity index (χ2n) is 7.57. The lowest BCUT2D eigenvalue weighted by Gasteiger charge is -2.28. The maximum Gasteiger partial charge on any atom is 0.534 e. The Morgan fingerprint density at radius 3 is 2.35 bits per heavy atom. The summed E-state index contributed by atoms with van der Waals surface area (Å²) >= 11 is 1.13. The Morgan fingerprint density at radius 2 is 1.76 bits per heavy atom. The smallest absolute Gasteiger partial charge is 0.462 e. The average Bonchev–Trinajstić information content (AvgIpc) is 2.71. The van der Waals surface area contributed by atoms with E-state index in [9.17, 15) is 30.8 Å². The summed E-state index contributed by atoms with van der Waals surface area (Å²) in [5.74, 6) is 3.49. The molecule has 0 fully saturated rings. The minimum atomic E-state index is -5.93. The van der Waals surface area contributed by atoms with Gasteiger partial charge in [-0.2, -0.15) is 21.6 Å². The number of carbonyl (C=O) groups is 1. The zero-order valence-corrected chi connectivity index (χ0v) is 19.8. The molecule has 0 saturated carbocycles. The van der Waals surface area contributed by atoms with Gasteiger partial charge in [0, 0.05) is 20.8 Å². The first kappa shape index (κ1) is 25.6. The predicted octanol–water partition coefficient (Wildman–Crippen LogP) is 5.49. The molecular formula is C23H18F4O5S2. The molecule has 1 aliphatic rings. The van der Waals surface area contributed by atoms with Crippen molar-refractivity contribution in [3.63, 3.8) is 0 Å². The van der Waals surface area contributed by atoms with E-state index in [-0.39, 0.29) is 22.6 Å². The summed E-state index contributed by atoms with van der Waals surface area (Å²) in [5.41, 5.74) is -5.08. The number of thioether (sulfide) groups is 1. The summed E-state index contributed by atoms with van der Waals surface area (Å²) in [4.78, 5) is 11.9. The van der Waals surface area contributed by atoms with Gasteiger partial charge in [-0.3, -0.25) is 0 Å². The van der Waals surface area contributed by atoms with Crippen molar-refractivity contribution in [1.82, 2.24) is 0 Å². The first-order valence-electron chi connectivity index (χ1n) is 9.78. The van der Waals surface area contributed by atoms with E-state index in [4.69, 9.17) is 4.74 Å². The maximum atomic E-state index is 14.7. The van der Waals surface area contributed by atoms with Crippen molar-refractivity contribution in [2.45, 2.75) is 35.9 Å². The molecule has 2 aromatic rings. The second kappa shape index (κ2) is 9.35. The lowest BCUT2D eigenvalue weighted by Crippen LogP contribution is -2.27. The number of benzene rings is 2. The van der Waals surface area contributed by atoms with Crippen LogP contribution in [0.1, 0.15) is 47.8 Å². The summed E-state index contributed by atoms with van der Waals surface area (Å²) in [5, 5.41) is 0. The molecule has 0 amide bonds. The molecule has 0 radical (unpaired) electrons. The third kappa shape index (κ3) is 5.74. The first-order valence-corrected chi connectivity index (χ1v) is 12.0. The molecule has 2 aromatic carbocycles. The molecule has 0 bridgehead atoms. The topological polar surface area (TPSA) is 69.7 Å². The SMILES string of the molecule is CCOC(=O)c1ccc(C#Cc2cc3c(cc2F)SC(C)(C)C=C3OS(=O)(=O)C(F)(F)F)cc1. The Morgan fingerprint density at radius 1 is 1.12 bits per heavy atom. The average molecular weight is 515 g/mol. The van der Waals surface area contributed by atoms with Crippen LogP contribution in [0.25, 0.3) is 5.76 Å². The van der Waals surface area contributed by atoms with Crippen LogP contribution in [-0.2, 0) is 19.0 Å². The van der Waals surface area contributed by atoms with Crippen molar-refractivity contribution < 1.29 is 39.7 Å². The minimum Gasteiger partial charge on any atom is -0.462 e. The van der Waals surface area contributed by atoms with Gasteiger partial charge in [-0.05, 0) is 63.2 Å². The van der Waals surface area contributed by atoms with Crippen molar-refractivity contribution in [3.05, 3.63) is 70.5 Å². The van der Waals surface area contributed by atoms with E-state index in [1.54, 1.807) is 20.8 Å². The van der Waals surface area contributed by atoms with E-state index >= 15 is 0 Å². The number of alkyl halides is 3. The van der Waals surface area contributed by atoms with Gasteiger partial charge in [0.1, 0.15) is 11.6 Å². The quantitative estimate of drug-likeness (QED) is 0.177. The minimum absolute atomic E-state index is 0.0273.